The first-order valence-corrected chi connectivity index (χ1v) is 4.92. The highest BCUT2D eigenvalue weighted by atomic mass is 35.5. The summed E-state index contributed by atoms with van der Waals surface area (Å²) in [7, 11) is 0. The van der Waals surface area contributed by atoms with Gasteiger partial charge in [-0.15, -0.1) is 0 Å². The Kier molecular flexibility index (Phi) is 1.50. The van der Waals surface area contributed by atoms with E-state index in [0.717, 1.165) is 24.0 Å². The zero-order valence-electron chi connectivity index (χ0n) is 7.44. The van der Waals surface area contributed by atoms with Crippen molar-refractivity contribution in [3.8, 4) is 0 Å². The van der Waals surface area contributed by atoms with E-state index in [2.05, 4.69) is 9.97 Å². The van der Waals surface area contributed by atoms with E-state index < -0.39 is 0 Å². The number of imidazole rings is 1. The molecule has 0 unspecified atom stereocenters. The van der Waals surface area contributed by atoms with Gasteiger partial charge in [0.05, 0.1) is 11.9 Å². The summed E-state index contributed by atoms with van der Waals surface area (Å²) >= 11 is 6.03. The molecule has 3 rings (SSSR count). The Labute approximate surface area is 85.7 Å². The number of fused-ring (bicyclic) bond motifs is 1. The van der Waals surface area contributed by atoms with Gasteiger partial charge in [-0.3, -0.25) is 4.57 Å². The van der Waals surface area contributed by atoms with Crippen LogP contribution in [0.1, 0.15) is 18.9 Å². The normalized spacial score (nSPS) is 16.4. The lowest BCUT2D eigenvalue weighted by Gasteiger charge is -2.00. The Morgan fingerprint density at radius 2 is 2.29 bits per heavy atom. The predicted molar refractivity (Wildman–Crippen MR) is 55.2 cm³/mol. The van der Waals surface area contributed by atoms with Crippen molar-refractivity contribution in [3.05, 3.63) is 17.5 Å². The second-order valence-corrected chi connectivity index (χ2v) is 3.93. The van der Waals surface area contributed by atoms with Crippen molar-refractivity contribution in [2.24, 2.45) is 0 Å². The van der Waals surface area contributed by atoms with Crippen molar-refractivity contribution in [1.29, 1.82) is 0 Å². The van der Waals surface area contributed by atoms with E-state index >= 15 is 0 Å². The minimum Gasteiger partial charge on any atom is -0.397 e. The van der Waals surface area contributed by atoms with E-state index in [0.29, 0.717) is 17.0 Å². The average Bonchev–Trinajstić information content (AvgIpc) is 2.89. The molecule has 0 saturated heterocycles. The van der Waals surface area contributed by atoms with Gasteiger partial charge < -0.3 is 5.73 Å². The average molecular weight is 209 g/mol. The van der Waals surface area contributed by atoms with Gasteiger partial charge in [-0.05, 0) is 30.5 Å². The molecule has 0 aliphatic heterocycles. The molecule has 0 radical (unpaired) electrons. The zero-order chi connectivity index (χ0) is 9.71. The monoisotopic (exact) mass is 208 g/mol. The molecule has 0 atom stereocenters. The fraction of sp³-hybridized carbons (Fsp3) is 0.333. The van der Waals surface area contributed by atoms with Crippen LogP contribution >= 0.6 is 11.6 Å². The van der Waals surface area contributed by atoms with Gasteiger partial charge in [-0.1, -0.05) is 0 Å². The number of pyridine rings is 1. The summed E-state index contributed by atoms with van der Waals surface area (Å²) in [6.45, 7) is 0. The Morgan fingerprint density at radius 1 is 1.50 bits per heavy atom. The van der Waals surface area contributed by atoms with E-state index in [1.165, 1.54) is 0 Å². The number of aromatic nitrogens is 3. The van der Waals surface area contributed by atoms with Crippen molar-refractivity contribution >= 4 is 28.5 Å². The second kappa shape index (κ2) is 2.60. The van der Waals surface area contributed by atoms with Crippen molar-refractivity contribution < 1.29 is 0 Å². The molecule has 0 aromatic carbocycles. The number of hydrogen-bond donors (Lipinski definition) is 1. The molecule has 1 aliphatic carbocycles. The molecule has 2 N–H and O–H groups in total. The van der Waals surface area contributed by atoms with Gasteiger partial charge in [-0.2, -0.15) is 0 Å². The zero-order valence-corrected chi connectivity index (χ0v) is 8.20. The number of rotatable bonds is 1. The first-order valence-electron chi connectivity index (χ1n) is 4.54. The maximum atomic E-state index is 6.03. The van der Waals surface area contributed by atoms with Crippen LogP contribution in [-0.2, 0) is 0 Å². The van der Waals surface area contributed by atoms with Crippen LogP contribution in [-0.4, -0.2) is 14.5 Å². The predicted octanol–water partition coefficient (Wildman–Crippen LogP) is 2.00. The number of halogens is 1. The number of anilines is 1. The van der Waals surface area contributed by atoms with Gasteiger partial charge in [-0.25, -0.2) is 9.97 Å². The highest BCUT2D eigenvalue weighted by Gasteiger charge is 2.28. The minimum absolute atomic E-state index is 0.489. The molecule has 0 spiro atoms. The maximum Gasteiger partial charge on any atom is 0.205 e. The lowest BCUT2D eigenvalue weighted by molar-refractivity contribution is 0.758. The molecule has 5 heteroatoms. The van der Waals surface area contributed by atoms with Crippen LogP contribution in [0.2, 0.25) is 5.28 Å². The molecule has 2 heterocycles. The van der Waals surface area contributed by atoms with Gasteiger partial charge in [0.25, 0.3) is 0 Å². The third-order valence-electron chi connectivity index (χ3n) is 2.42. The first kappa shape index (κ1) is 8.05. The molecule has 4 nitrogen and oxygen atoms in total. The Bertz CT molecular complexity index is 501. The Hall–Kier alpha value is -1.29. The molecule has 0 amide bonds. The molecule has 2 aromatic heterocycles. The van der Waals surface area contributed by atoms with E-state index in [-0.39, 0.29) is 0 Å². The van der Waals surface area contributed by atoms with Crippen LogP contribution in [0.25, 0.3) is 11.2 Å². The summed E-state index contributed by atoms with van der Waals surface area (Å²) in [5, 5.41) is 0.514. The van der Waals surface area contributed by atoms with Crippen LogP contribution in [0.4, 0.5) is 5.69 Å². The smallest absolute Gasteiger partial charge is 0.205 e. The molecule has 72 valence electrons. The molecule has 0 bridgehead atoms. The third-order valence-corrected chi connectivity index (χ3v) is 2.69. The van der Waals surface area contributed by atoms with Gasteiger partial charge in [0.2, 0.25) is 5.28 Å². The van der Waals surface area contributed by atoms with Gasteiger partial charge in [0.15, 0.2) is 5.65 Å². The fourth-order valence-electron chi connectivity index (χ4n) is 1.63. The van der Waals surface area contributed by atoms with Crippen LogP contribution in [0.15, 0.2) is 12.3 Å². The number of nitrogen functional groups attached to an aromatic ring is 1. The van der Waals surface area contributed by atoms with E-state index in [1.807, 2.05) is 4.57 Å². The second-order valence-electron chi connectivity index (χ2n) is 3.59. The molecular formula is C9H9ClN4. The Balaban J connectivity index is 2.32. The van der Waals surface area contributed by atoms with E-state index in [1.54, 1.807) is 12.3 Å². The first-order chi connectivity index (χ1) is 6.75. The molecule has 1 saturated carbocycles. The quantitative estimate of drug-likeness (QED) is 0.780. The van der Waals surface area contributed by atoms with Crippen molar-refractivity contribution in [3.63, 3.8) is 0 Å². The molecule has 1 fully saturated rings. The molecule has 2 aromatic rings. The van der Waals surface area contributed by atoms with Crippen molar-refractivity contribution in [2.75, 3.05) is 5.73 Å². The topological polar surface area (TPSA) is 56.7 Å². The lowest BCUT2D eigenvalue weighted by Crippen LogP contribution is -1.95. The summed E-state index contributed by atoms with van der Waals surface area (Å²) in [6.07, 6.45) is 3.97. The summed E-state index contributed by atoms with van der Waals surface area (Å²) in [4.78, 5) is 8.47. The van der Waals surface area contributed by atoms with Crippen LogP contribution < -0.4 is 5.73 Å². The largest absolute Gasteiger partial charge is 0.397 e. The highest BCUT2D eigenvalue weighted by Crippen LogP contribution is 2.39. The van der Waals surface area contributed by atoms with Crippen molar-refractivity contribution in [2.45, 2.75) is 18.9 Å². The Morgan fingerprint density at radius 3 is 3.00 bits per heavy atom. The minimum atomic E-state index is 0.489. The number of nitrogens with two attached hydrogens (primary N) is 1. The fourth-order valence-corrected chi connectivity index (χ4v) is 1.94. The van der Waals surface area contributed by atoms with Crippen molar-refractivity contribution in [1.82, 2.24) is 14.5 Å². The number of hydrogen-bond acceptors (Lipinski definition) is 3. The summed E-state index contributed by atoms with van der Waals surface area (Å²) in [5.41, 5.74) is 7.86. The lowest BCUT2D eigenvalue weighted by atomic mass is 10.4. The number of nitrogens with zero attached hydrogens (tertiary/aromatic N) is 3. The van der Waals surface area contributed by atoms with Crippen LogP contribution in [0, 0.1) is 0 Å². The van der Waals surface area contributed by atoms with E-state index in [9.17, 15) is 0 Å². The summed E-state index contributed by atoms with van der Waals surface area (Å²) in [6, 6.07) is 2.29. The van der Waals surface area contributed by atoms with Crippen LogP contribution in [0.3, 0.4) is 0 Å². The third kappa shape index (κ3) is 1.07. The van der Waals surface area contributed by atoms with E-state index in [4.69, 9.17) is 17.3 Å². The maximum absolute atomic E-state index is 6.03. The van der Waals surface area contributed by atoms with Gasteiger partial charge in [0.1, 0.15) is 5.52 Å². The summed E-state index contributed by atoms with van der Waals surface area (Å²) < 4.78 is 1.98. The SMILES string of the molecule is Nc1cnc2c(c1)nc(Cl)n2C1CC1. The van der Waals surface area contributed by atoms with Gasteiger partial charge >= 0.3 is 0 Å². The summed E-state index contributed by atoms with van der Waals surface area (Å²) in [5.74, 6) is 0. The van der Waals surface area contributed by atoms with Crippen LogP contribution in [0.5, 0.6) is 0 Å². The van der Waals surface area contributed by atoms with Gasteiger partial charge in [0, 0.05) is 6.04 Å². The standard InChI is InChI=1S/C9H9ClN4/c10-9-13-7-3-5(11)4-12-8(7)14(9)6-1-2-6/h3-4,6H,1-2,11H2. The highest BCUT2D eigenvalue weighted by molar-refractivity contribution is 6.29. The molecule has 14 heavy (non-hydrogen) atoms. The molecule has 1 aliphatic rings. The molecular weight excluding hydrogens is 200 g/mol.